The van der Waals surface area contributed by atoms with Gasteiger partial charge in [0.25, 0.3) is 0 Å². The second-order valence-corrected chi connectivity index (χ2v) is 6.35. The Morgan fingerprint density at radius 3 is 2.79 bits per heavy atom. The Morgan fingerprint density at radius 2 is 2.21 bits per heavy atom. The zero-order valence-electron chi connectivity index (χ0n) is 10.1. The summed E-state index contributed by atoms with van der Waals surface area (Å²) in [6.07, 6.45) is -0.322. The van der Waals surface area contributed by atoms with Gasteiger partial charge in [-0.1, -0.05) is 17.7 Å². The topological polar surface area (TPSA) is 35.2 Å². The lowest BCUT2D eigenvalue weighted by Crippen LogP contribution is -2.28. The molecule has 2 aromatic rings. The van der Waals surface area contributed by atoms with Crippen LogP contribution in [0.4, 0.5) is 4.39 Å². The monoisotopic (exact) mass is 363 g/mol. The lowest BCUT2D eigenvalue weighted by molar-refractivity contribution is 0.182. The first kappa shape index (κ1) is 14.8. The van der Waals surface area contributed by atoms with Gasteiger partial charge in [-0.3, -0.25) is 0 Å². The fourth-order valence-corrected chi connectivity index (χ4v) is 3.21. The van der Waals surface area contributed by atoms with E-state index >= 15 is 0 Å². The Morgan fingerprint density at radius 1 is 1.47 bits per heavy atom. The van der Waals surface area contributed by atoms with Crippen LogP contribution in [0.3, 0.4) is 0 Å². The normalized spacial score (nSPS) is 14.2. The first-order valence-electron chi connectivity index (χ1n) is 5.59. The summed E-state index contributed by atoms with van der Waals surface area (Å²) in [5, 5.41) is 2.00. The molecule has 0 saturated carbocycles. The van der Waals surface area contributed by atoms with E-state index in [-0.39, 0.29) is 17.2 Å². The molecule has 0 aliphatic carbocycles. The van der Waals surface area contributed by atoms with Crippen molar-refractivity contribution in [3.05, 3.63) is 49.8 Å². The van der Waals surface area contributed by atoms with Crippen LogP contribution >= 0.6 is 38.9 Å². The molecule has 0 radical (unpaired) electrons. The minimum atomic E-state index is -0.519. The molecule has 2 atom stereocenters. The molecule has 1 aromatic heterocycles. The molecule has 1 aromatic carbocycles. The lowest BCUT2D eigenvalue weighted by atomic mass is 10.1. The van der Waals surface area contributed by atoms with Gasteiger partial charge in [-0.25, -0.2) is 4.39 Å². The highest BCUT2D eigenvalue weighted by atomic mass is 79.9. The molecule has 1 heterocycles. The number of benzene rings is 1. The Hall–Kier alpha value is -0.620. The van der Waals surface area contributed by atoms with Gasteiger partial charge in [0.1, 0.15) is 17.7 Å². The summed E-state index contributed by atoms with van der Waals surface area (Å²) in [7, 11) is 0. The van der Waals surface area contributed by atoms with E-state index in [0.717, 1.165) is 4.88 Å². The number of thiophene rings is 1. The second kappa shape index (κ2) is 6.22. The van der Waals surface area contributed by atoms with Gasteiger partial charge in [0.15, 0.2) is 0 Å². The van der Waals surface area contributed by atoms with Gasteiger partial charge in [-0.15, -0.1) is 11.3 Å². The maximum atomic E-state index is 13.5. The first-order valence-corrected chi connectivity index (χ1v) is 7.64. The molecule has 0 amide bonds. The van der Waals surface area contributed by atoms with Gasteiger partial charge < -0.3 is 10.5 Å². The minimum Gasteiger partial charge on any atom is -0.482 e. The van der Waals surface area contributed by atoms with Crippen molar-refractivity contribution < 1.29 is 9.13 Å². The highest BCUT2D eigenvalue weighted by molar-refractivity contribution is 9.10. The Labute approximate surface area is 128 Å². The van der Waals surface area contributed by atoms with Crippen LogP contribution in [0, 0.1) is 5.82 Å². The summed E-state index contributed by atoms with van der Waals surface area (Å²) >= 11 is 10.6. The summed E-state index contributed by atoms with van der Waals surface area (Å²) in [6, 6.07) is 6.38. The fraction of sp³-hybridized carbons (Fsp3) is 0.231. The molecular weight excluding hydrogens is 353 g/mol. The molecule has 0 saturated heterocycles. The first-order chi connectivity index (χ1) is 8.99. The van der Waals surface area contributed by atoms with E-state index < -0.39 is 5.82 Å². The van der Waals surface area contributed by atoms with Crippen molar-refractivity contribution in [3.8, 4) is 5.75 Å². The summed E-state index contributed by atoms with van der Waals surface area (Å²) in [4.78, 5) is 0.997. The van der Waals surface area contributed by atoms with Crippen LogP contribution in [0.5, 0.6) is 5.75 Å². The third kappa shape index (κ3) is 3.48. The Balaban J connectivity index is 2.30. The van der Waals surface area contributed by atoms with E-state index in [1.807, 2.05) is 24.4 Å². The van der Waals surface area contributed by atoms with E-state index in [4.69, 9.17) is 22.1 Å². The van der Waals surface area contributed by atoms with Gasteiger partial charge in [0.2, 0.25) is 0 Å². The van der Waals surface area contributed by atoms with Gasteiger partial charge in [-0.05, 0) is 40.4 Å². The molecule has 2 nitrogen and oxygen atoms in total. The summed E-state index contributed by atoms with van der Waals surface area (Å²) < 4.78 is 19.9. The molecule has 102 valence electrons. The van der Waals surface area contributed by atoms with Crippen molar-refractivity contribution in [3.63, 3.8) is 0 Å². The molecule has 0 aliphatic rings. The third-order valence-electron chi connectivity index (χ3n) is 2.53. The fourth-order valence-electron chi connectivity index (χ4n) is 1.61. The minimum absolute atomic E-state index is 0.0488. The van der Waals surface area contributed by atoms with Crippen LogP contribution in [-0.2, 0) is 0 Å². The number of ether oxygens (including phenoxy) is 1. The van der Waals surface area contributed by atoms with Crippen molar-refractivity contribution in [1.29, 1.82) is 0 Å². The molecule has 0 fully saturated rings. The third-order valence-corrected chi connectivity index (χ3v) is 4.37. The molecule has 6 heteroatoms. The van der Waals surface area contributed by atoms with E-state index in [0.29, 0.717) is 10.2 Å². The van der Waals surface area contributed by atoms with Crippen molar-refractivity contribution in [2.24, 2.45) is 5.73 Å². The van der Waals surface area contributed by atoms with Gasteiger partial charge in [-0.2, -0.15) is 0 Å². The van der Waals surface area contributed by atoms with Crippen molar-refractivity contribution in [1.82, 2.24) is 0 Å². The largest absolute Gasteiger partial charge is 0.482 e. The standard InChI is InChI=1S/C13H12BrClFNOS/c1-7(17)13(12-3-2-4-19-12)18-11-6-10(16)9(15)5-8(11)14/h2-7,13H,17H2,1H3. The van der Waals surface area contributed by atoms with E-state index in [2.05, 4.69) is 15.9 Å². The summed E-state index contributed by atoms with van der Waals surface area (Å²) in [6.45, 7) is 1.85. The van der Waals surface area contributed by atoms with E-state index in [9.17, 15) is 4.39 Å². The smallest absolute Gasteiger partial charge is 0.148 e. The summed E-state index contributed by atoms with van der Waals surface area (Å²) in [5.74, 6) is -0.132. The lowest BCUT2D eigenvalue weighted by Gasteiger charge is -2.22. The molecule has 0 aliphatic heterocycles. The van der Waals surface area contributed by atoms with E-state index in [1.54, 1.807) is 11.3 Å². The molecule has 0 spiro atoms. The van der Waals surface area contributed by atoms with Crippen molar-refractivity contribution >= 4 is 38.9 Å². The van der Waals surface area contributed by atoms with Crippen molar-refractivity contribution in [2.75, 3.05) is 0 Å². The maximum absolute atomic E-state index is 13.5. The number of nitrogens with two attached hydrogens (primary N) is 1. The molecule has 0 bridgehead atoms. The molecular formula is C13H12BrClFNOS. The van der Waals surface area contributed by atoms with E-state index in [1.165, 1.54) is 12.1 Å². The van der Waals surface area contributed by atoms with Gasteiger partial charge in [0.05, 0.1) is 9.50 Å². The predicted molar refractivity (Wildman–Crippen MR) is 80.4 cm³/mol. The maximum Gasteiger partial charge on any atom is 0.148 e. The second-order valence-electron chi connectivity index (χ2n) is 4.11. The molecule has 2 rings (SSSR count). The quantitative estimate of drug-likeness (QED) is 0.793. The van der Waals surface area contributed by atoms with Gasteiger partial charge >= 0.3 is 0 Å². The number of hydrogen-bond donors (Lipinski definition) is 1. The molecule has 2 N–H and O–H groups in total. The van der Waals surface area contributed by atoms with Gasteiger partial charge in [0, 0.05) is 17.0 Å². The van der Waals surface area contributed by atoms with Crippen LogP contribution < -0.4 is 10.5 Å². The highest BCUT2D eigenvalue weighted by Crippen LogP contribution is 2.35. The highest BCUT2D eigenvalue weighted by Gasteiger charge is 2.21. The summed E-state index contributed by atoms with van der Waals surface area (Å²) in [5.41, 5.74) is 5.94. The van der Waals surface area contributed by atoms with Crippen LogP contribution in [-0.4, -0.2) is 6.04 Å². The molecule has 2 unspecified atom stereocenters. The zero-order valence-corrected chi connectivity index (χ0v) is 13.2. The Bertz CT molecular complexity index is 562. The predicted octanol–water partition coefficient (Wildman–Crippen LogP) is 4.77. The van der Waals surface area contributed by atoms with Crippen LogP contribution in [0.15, 0.2) is 34.1 Å². The average molecular weight is 365 g/mol. The number of halogens is 3. The van der Waals surface area contributed by atoms with Crippen LogP contribution in [0.25, 0.3) is 0 Å². The number of rotatable bonds is 4. The Kier molecular flexibility index (Phi) is 4.84. The number of hydrogen-bond acceptors (Lipinski definition) is 3. The van der Waals surface area contributed by atoms with Crippen LogP contribution in [0.1, 0.15) is 17.9 Å². The zero-order chi connectivity index (χ0) is 14.0. The average Bonchev–Trinajstić information content (AvgIpc) is 2.85. The van der Waals surface area contributed by atoms with Crippen LogP contribution in [0.2, 0.25) is 5.02 Å². The van der Waals surface area contributed by atoms with Crippen molar-refractivity contribution in [2.45, 2.75) is 19.1 Å². The molecule has 19 heavy (non-hydrogen) atoms. The SMILES string of the molecule is CC(N)C(Oc1cc(F)c(Cl)cc1Br)c1cccs1.